The number of carbonyl (C=O) groups is 2. The number of nitrogens with one attached hydrogen (secondary N) is 2. The number of fused-ring (bicyclic) bond motifs is 2. The highest BCUT2D eigenvalue weighted by Gasteiger charge is 2.34. The zero-order chi connectivity index (χ0) is 38.0. The van der Waals surface area contributed by atoms with Gasteiger partial charge in [-0.25, -0.2) is 0 Å². The molecule has 294 valence electrons. The SMILES string of the molecule is CC(C)OC(C(=O)NCc1cccc2c(CC(C)OC(C(=O)NC3CCc4ccccc43)[C@H](N)CC3CCCCC3)cccc12)[C@H](N)CC1CCCCC1. The minimum Gasteiger partial charge on any atom is -0.364 e. The molecule has 3 aromatic rings. The van der Waals surface area contributed by atoms with Gasteiger partial charge in [0.2, 0.25) is 0 Å². The Hall–Kier alpha value is -3.30. The molecule has 0 bridgehead atoms. The predicted molar refractivity (Wildman–Crippen MR) is 218 cm³/mol. The van der Waals surface area contributed by atoms with Crippen LogP contribution >= 0.6 is 0 Å². The quantitative estimate of drug-likeness (QED) is 0.111. The van der Waals surface area contributed by atoms with Crippen LogP contribution in [0.2, 0.25) is 0 Å². The Morgan fingerprint density at radius 3 is 1.89 bits per heavy atom. The Bertz CT molecular complexity index is 1670. The van der Waals surface area contributed by atoms with Crippen molar-refractivity contribution >= 4 is 22.6 Å². The summed E-state index contributed by atoms with van der Waals surface area (Å²) in [4.78, 5) is 27.7. The molecular weight excluding hydrogens is 673 g/mol. The van der Waals surface area contributed by atoms with Crippen LogP contribution in [0.3, 0.4) is 0 Å². The second-order valence-electron chi connectivity index (χ2n) is 16.9. The maximum Gasteiger partial charge on any atom is 0.251 e. The molecule has 3 aromatic carbocycles. The van der Waals surface area contributed by atoms with Crippen molar-refractivity contribution in [2.45, 2.75) is 166 Å². The third-order valence-corrected chi connectivity index (χ3v) is 12.3. The van der Waals surface area contributed by atoms with Crippen LogP contribution in [0.25, 0.3) is 10.8 Å². The molecule has 3 aliphatic carbocycles. The van der Waals surface area contributed by atoms with Gasteiger partial charge in [-0.2, -0.15) is 0 Å². The first-order valence-corrected chi connectivity index (χ1v) is 21.1. The van der Waals surface area contributed by atoms with E-state index in [9.17, 15) is 9.59 Å². The molecular formula is C46H66N4O4. The first kappa shape index (κ1) is 40.4. The molecule has 0 heterocycles. The third kappa shape index (κ3) is 10.7. The van der Waals surface area contributed by atoms with Crippen LogP contribution < -0.4 is 22.1 Å². The Kier molecular flexibility index (Phi) is 14.6. The van der Waals surface area contributed by atoms with E-state index in [0.29, 0.717) is 24.8 Å². The zero-order valence-electron chi connectivity index (χ0n) is 33.1. The lowest BCUT2D eigenvalue weighted by Crippen LogP contribution is -2.50. The van der Waals surface area contributed by atoms with Crippen LogP contribution in [0.15, 0.2) is 60.7 Å². The Balaban J connectivity index is 1.13. The van der Waals surface area contributed by atoms with Gasteiger partial charge in [0.15, 0.2) is 12.2 Å². The standard InChI is InChI=1S/C46H66N4O4/c1-30(2)53-43(40(47)27-32-14-6-4-7-15-32)45(51)49-29-36-20-13-22-37-35(19-12-23-38(36)37)26-31(3)54-44(41(48)28-33-16-8-5-9-17-33)46(52)50-42-25-24-34-18-10-11-21-39(34)42/h10-13,18-23,30-33,40-44H,4-9,14-17,24-29,47-48H2,1-3H3,(H,49,51)(H,50,52)/t31?,40-,41-,42?,43?,44?/m1/s1. The molecule has 8 nitrogen and oxygen atoms in total. The van der Waals surface area contributed by atoms with Gasteiger partial charge in [0.25, 0.3) is 11.8 Å². The molecule has 2 fully saturated rings. The van der Waals surface area contributed by atoms with Gasteiger partial charge in [-0.05, 0) is 97.7 Å². The number of nitrogens with two attached hydrogens (primary N) is 2. The summed E-state index contributed by atoms with van der Waals surface area (Å²) in [6.45, 7) is 6.34. The van der Waals surface area contributed by atoms with E-state index in [1.54, 1.807) is 0 Å². The summed E-state index contributed by atoms with van der Waals surface area (Å²) >= 11 is 0. The highest BCUT2D eigenvalue weighted by Crippen LogP contribution is 2.33. The average Bonchev–Trinajstić information content (AvgIpc) is 3.58. The maximum atomic E-state index is 14.0. The van der Waals surface area contributed by atoms with Crippen LogP contribution in [-0.4, -0.2) is 48.3 Å². The van der Waals surface area contributed by atoms with Crippen molar-refractivity contribution in [1.29, 1.82) is 0 Å². The van der Waals surface area contributed by atoms with E-state index in [2.05, 4.69) is 59.2 Å². The molecule has 6 N–H and O–H groups in total. The minimum absolute atomic E-state index is 0.0196. The number of carbonyl (C=O) groups excluding carboxylic acids is 2. The normalized spacial score (nSPS) is 21.0. The minimum atomic E-state index is -0.735. The Morgan fingerprint density at radius 1 is 0.685 bits per heavy atom. The summed E-state index contributed by atoms with van der Waals surface area (Å²) in [5.74, 6) is 0.829. The molecule has 2 saturated carbocycles. The molecule has 0 aromatic heterocycles. The Morgan fingerprint density at radius 2 is 1.26 bits per heavy atom. The van der Waals surface area contributed by atoms with Gasteiger partial charge in [-0.1, -0.05) is 125 Å². The number of amides is 2. The molecule has 0 radical (unpaired) electrons. The van der Waals surface area contributed by atoms with Gasteiger partial charge in [0, 0.05) is 18.6 Å². The fourth-order valence-electron chi connectivity index (χ4n) is 9.49. The van der Waals surface area contributed by atoms with E-state index in [4.69, 9.17) is 20.9 Å². The lowest BCUT2D eigenvalue weighted by molar-refractivity contribution is -0.139. The van der Waals surface area contributed by atoms with Crippen molar-refractivity contribution in [1.82, 2.24) is 10.6 Å². The number of hydrogen-bond acceptors (Lipinski definition) is 6. The van der Waals surface area contributed by atoms with Gasteiger partial charge in [0.05, 0.1) is 18.2 Å². The number of benzene rings is 3. The van der Waals surface area contributed by atoms with Crippen LogP contribution in [-0.2, 0) is 38.4 Å². The zero-order valence-corrected chi connectivity index (χ0v) is 33.1. The van der Waals surface area contributed by atoms with E-state index < -0.39 is 12.2 Å². The van der Waals surface area contributed by atoms with E-state index in [1.165, 1.54) is 75.3 Å². The molecule has 0 spiro atoms. The summed E-state index contributed by atoms with van der Waals surface area (Å²) in [6.07, 6.45) is 14.5. The highest BCUT2D eigenvalue weighted by atomic mass is 16.5. The molecule has 0 aliphatic heterocycles. The molecule has 0 saturated heterocycles. The molecule has 4 unspecified atom stereocenters. The summed E-state index contributed by atoms with van der Waals surface area (Å²) < 4.78 is 12.8. The summed E-state index contributed by atoms with van der Waals surface area (Å²) in [5.41, 5.74) is 18.2. The van der Waals surface area contributed by atoms with Crippen molar-refractivity contribution in [2.75, 3.05) is 0 Å². The van der Waals surface area contributed by atoms with Gasteiger partial charge in [-0.15, -0.1) is 0 Å². The lowest BCUT2D eigenvalue weighted by Gasteiger charge is -2.31. The molecule has 6 rings (SSSR count). The highest BCUT2D eigenvalue weighted by molar-refractivity contribution is 5.89. The first-order valence-electron chi connectivity index (χ1n) is 21.1. The van der Waals surface area contributed by atoms with Crippen molar-refractivity contribution in [3.8, 4) is 0 Å². The van der Waals surface area contributed by atoms with Crippen molar-refractivity contribution in [2.24, 2.45) is 23.3 Å². The van der Waals surface area contributed by atoms with Crippen molar-refractivity contribution in [3.05, 3.63) is 82.9 Å². The van der Waals surface area contributed by atoms with Crippen molar-refractivity contribution < 1.29 is 19.1 Å². The molecule has 6 atom stereocenters. The van der Waals surface area contributed by atoms with E-state index >= 15 is 0 Å². The fraction of sp³-hybridized carbons (Fsp3) is 0.609. The summed E-state index contributed by atoms with van der Waals surface area (Å²) in [6, 6.07) is 20.2. The summed E-state index contributed by atoms with van der Waals surface area (Å²) in [7, 11) is 0. The van der Waals surface area contributed by atoms with Gasteiger partial charge in [0.1, 0.15) is 0 Å². The van der Waals surface area contributed by atoms with Crippen LogP contribution in [0.5, 0.6) is 0 Å². The lowest BCUT2D eigenvalue weighted by atomic mass is 9.83. The number of aryl methyl sites for hydroxylation is 1. The van der Waals surface area contributed by atoms with Crippen LogP contribution in [0.4, 0.5) is 0 Å². The molecule has 54 heavy (non-hydrogen) atoms. The van der Waals surface area contributed by atoms with E-state index in [0.717, 1.165) is 47.6 Å². The fourth-order valence-corrected chi connectivity index (χ4v) is 9.49. The maximum absolute atomic E-state index is 14.0. The topological polar surface area (TPSA) is 129 Å². The van der Waals surface area contributed by atoms with Crippen molar-refractivity contribution in [3.63, 3.8) is 0 Å². The average molecular weight is 739 g/mol. The largest absolute Gasteiger partial charge is 0.364 e. The van der Waals surface area contributed by atoms with Crippen LogP contribution in [0.1, 0.15) is 133 Å². The second-order valence-corrected chi connectivity index (χ2v) is 16.9. The van der Waals surface area contributed by atoms with Crippen LogP contribution in [0, 0.1) is 11.8 Å². The number of rotatable bonds is 17. The summed E-state index contributed by atoms with van der Waals surface area (Å²) in [5, 5.41) is 8.69. The molecule has 8 heteroatoms. The number of ether oxygens (including phenoxy) is 2. The number of hydrogen-bond donors (Lipinski definition) is 4. The monoisotopic (exact) mass is 739 g/mol. The first-order chi connectivity index (χ1) is 26.2. The third-order valence-electron chi connectivity index (χ3n) is 12.3. The molecule has 2 amide bonds. The predicted octanol–water partition coefficient (Wildman–Crippen LogP) is 7.96. The Labute approximate surface area is 323 Å². The smallest absolute Gasteiger partial charge is 0.251 e. The van der Waals surface area contributed by atoms with Gasteiger partial charge >= 0.3 is 0 Å². The van der Waals surface area contributed by atoms with Gasteiger partial charge < -0.3 is 31.6 Å². The molecule has 3 aliphatic rings. The van der Waals surface area contributed by atoms with E-state index in [1.807, 2.05) is 32.9 Å². The second kappa shape index (κ2) is 19.5. The van der Waals surface area contributed by atoms with E-state index in [-0.39, 0.29) is 42.1 Å². The van der Waals surface area contributed by atoms with Gasteiger partial charge in [-0.3, -0.25) is 9.59 Å².